The molecule has 0 rings (SSSR count). The minimum absolute atomic E-state index is 0.00211. The first kappa shape index (κ1) is 23.3. The van der Waals surface area contributed by atoms with Crippen LogP contribution in [0.15, 0.2) is 0 Å². The summed E-state index contributed by atoms with van der Waals surface area (Å²) in [6, 6.07) is 0. The Balaban J connectivity index is 4.61. The SMILES string of the molecule is CCCCC[CH2][Sn]([CH2]CCCCC)([CH2]CCCCC)[O]C(C)=O. The fraction of sp³-hybridized carbons (Fsp3) is 0.950. The van der Waals surface area contributed by atoms with Crippen molar-refractivity contribution in [1.82, 2.24) is 0 Å². The van der Waals surface area contributed by atoms with Crippen molar-refractivity contribution in [2.45, 2.75) is 118 Å². The molecule has 3 heteroatoms. The summed E-state index contributed by atoms with van der Waals surface area (Å²) in [6.07, 6.45) is 15.7. The summed E-state index contributed by atoms with van der Waals surface area (Å²) in [7, 11) is 0. The second-order valence-corrected chi connectivity index (χ2v) is 18.8. The van der Waals surface area contributed by atoms with Gasteiger partial charge in [-0.05, 0) is 0 Å². The molecule has 0 saturated carbocycles. The van der Waals surface area contributed by atoms with Crippen LogP contribution < -0.4 is 0 Å². The number of unbranched alkanes of at least 4 members (excludes halogenated alkanes) is 9. The van der Waals surface area contributed by atoms with Gasteiger partial charge < -0.3 is 0 Å². The maximum absolute atomic E-state index is 11.8. The average molecular weight is 433 g/mol. The zero-order chi connectivity index (χ0) is 17.4. The van der Waals surface area contributed by atoms with Gasteiger partial charge in [-0.2, -0.15) is 0 Å². The Labute approximate surface area is 150 Å². The molecule has 0 N–H and O–H groups in total. The molecule has 0 fully saturated rings. The Bertz CT molecular complexity index is 248. The summed E-state index contributed by atoms with van der Waals surface area (Å²) in [5.41, 5.74) is 0. The van der Waals surface area contributed by atoms with E-state index in [4.69, 9.17) is 3.07 Å². The van der Waals surface area contributed by atoms with Gasteiger partial charge in [0.25, 0.3) is 0 Å². The van der Waals surface area contributed by atoms with Crippen molar-refractivity contribution in [3.63, 3.8) is 0 Å². The maximum atomic E-state index is 11.8. The molecule has 23 heavy (non-hydrogen) atoms. The van der Waals surface area contributed by atoms with Gasteiger partial charge in [0.05, 0.1) is 0 Å². The fourth-order valence-corrected chi connectivity index (χ4v) is 15.9. The molecule has 0 spiro atoms. The van der Waals surface area contributed by atoms with Crippen LogP contribution in [-0.4, -0.2) is 24.8 Å². The Morgan fingerprint density at radius 2 is 1.00 bits per heavy atom. The first-order valence-electron chi connectivity index (χ1n) is 10.3. The van der Waals surface area contributed by atoms with Crippen LogP contribution in [-0.2, 0) is 7.87 Å². The third-order valence-electron chi connectivity index (χ3n) is 4.82. The van der Waals surface area contributed by atoms with Crippen molar-refractivity contribution in [2.24, 2.45) is 0 Å². The van der Waals surface area contributed by atoms with Crippen molar-refractivity contribution in [1.29, 1.82) is 0 Å². The van der Waals surface area contributed by atoms with E-state index in [2.05, 4.69) is 20.8 Å². The molecular weight excluding hydrogens is 391 g/mol. The van der Waals surface area contributed by atoms with Gasteiger partial charge in [0.2, 0.25) is 0 Å². The van der Waals surface area contributed by atoms with Gasteiger partial charge in [0, 0.05) is 0 Å². The van der Waals surface area contributed by atoms with Gasteiger partial charge in [0.15, 0.2) is 0 Å². The molecule has 0 saturated heterocycles. The number of rotatable bonds is 16. The summed E-state index contributed by atoms with van der Waals surface area (Å²) >= 11 is -2.72. The second-order valence-electron chi connectivity index (χ2n) is 7.21. The predicted molar refractivity (Wildman–Crippen MR) is 104 cm³/mol. The summed E-state index contributed by atoms with van der Waals surface area (Å²) in [4.78, 5) is 11.8. The van der Waals surface area contributed by atoms with E-state index in [0.717, 1.165) is 0 Å². The quantitative estimate of drug-likeness (QED) is 0.190. The van der Waals surface area contributed by atoms with Crippen molar-refractivity contribution in [2.75, 3.05) is 0 Å². The number of hydrogen-bond donors (Lipinski definition) is 0. The van der Waals surface area contributed by atoms with E-state index < -0.39 is 18.8 Å². The third-order valence-corrected chi connectivity index (χ3v) is 17.7. The molecule has 0 aromatic heterocycles. The number of hydrogen-bond acceptors (Lipinski definition) is 2. The van der Waals surface area contributed by atoms with Crippen molar-refractivity contribution in [3.8, 4) is 0 Å². The van der Waals surface area contributed by atoms with Crippen LogP contribution in [0.25, 0.3) is 0 Å². The van der Waals surface area contributed by atoms with E-state index in [9.17, 15) is 4.79 Å². The Kier molecular flexibility index (Phi) is 16.0. The van der Waals surface area contributed by atoms with Crippen LogP contribution in [0.3, 0.4) is 0 Å². The molecule has 0 aromatic rings. The van der Waals surface area contributed by atoms with Crippen LogP contribution in [0.5, 0.6) is 0 Å². The Hall–Kier alpha value is 0.269. The first-order chi connectivity index (χ1) is 11.1. The topological polar surface area (TPSA) is 26.3 Å². The molecule has 0 aromatic carbocycles. The van der Waals surface area contributed by atoms with E-state index in [1.165, 1.54) is 90.4 Å². The molecule has 2 nitrogen and oxygen atoms in total. The van der Waals surface area contributed by atoms with Crippen LogP contribution in [0, 0.1) is 0 Å². The van der Waals surface area contributed by atoms with E-state index in [-0.39, 0.29) is 5.97 Å². The van der Waals surface area contributed by atoms with Crippen molar-refractivity contribution >= 4 is 24.8 Å². The zero-order valence-electron chi connectivity index (χ0n) is 16.4. The monoisotopic (exact) mass is 434 g/mol. The van der Waals surface area contributed by atoms with Crippen LogP contribution in [0.4, 0.5) is 0 Å². The molecule has 0 bridgehead atoms. The number of carbonyl (C=O) groups excluding carboxylic acids is 1. The van der Waals surface area contributed by atoms with Gasteiger partial charge in [-0.3, -0.25) is 0 Å². The van der Waals surface area contributed by atoms with Gasteiger partial charge >= 0.3 is 151 Å². The fourth-order valence-electron chi connectivity index (χ4n) is 3.45. The molecule has 0 aliphatic heterocycles. The second kappa shape index (κ2) is 15.8. The average Bonchev–Trinajstić information content (AvgIpc) is 2.52. The van der Waals surface area contributed by atoms with Gasteiger partial charge in [-0.15, -0.1) is 0 Å². The van der Waals surface area contributed by atoms with Crippen LogP contribution in [0.1, 0.15) is 105 Å². The summed E-state index contributed by atoms with van der Waals surface area (Å²) in [5, 5.41) is 0. The molecule has 0 aliphatic rings. The summed E-state index contributed by atoms with van der Waals surface area (Å²) < 4.78 is 9.96. The predicted octanol–water partition coefficient (Wildman–Crippen LogP) is 7.24. The standard InChI is InChI=1S/3C6H13.C2H4O2.Sn/c3*1-3-5-6-4-2;1-2(3)4;/h3*1,3-6H2,2H3;1H3,(H,3,4);/q;;;;+1/p-1. The van der Waals surface area contributed by atoms with Crippen LogP contribution in [0.2, 0.25) is 13.3 Å². The molecule has 0 heterocycles. The molecule has 0 unspecified atom stereocenters. The molecule has 0 atom stereocenters. The molecule has 0 aliphatic carbocycles. The van der Waals surface area contributed by atoms with E-state index in [1.54, 1.807) is 6.92 Å². The van der Waals surface area contributed by atoms with Crippen molar-refractivity contribution < 1.29 is 7.87 Å². The van der Waals surface area contributed by atoms with E-state index in [0.29, 0.717) is 0 Å². The summed E-state index contributed by atoms with van der Waals surface area (Å²) in [5.74, 6) is 0.00211. The van der Waals surface area contributed by atoms with Gasteiger partial charge in [-0.25, -0.2) is 0 Å². The minimum atomic E-state index is -2.72. The molecule has 0 amide bonds. The summed E-state index contributed by atoms with van der Waals surface area (Å²) in [6.45, 7) is 8.42. The third kappa shape index (κ3) is 13.3. The normalized spacial score (nSPS) is 11.7. The van der Waals surface area contributed by atoms with Crippen molar-refractivity contribution in [3.05, 3.63) is 0 Å². The molecule has 138 valence electrons. The Morgan fingerprint density at radius 3 is 1.26 bits per heavy atom. The number of carbonyl (C=O) groups is 1. The van der Waals surface area contributed by atoms with E-state index in [1.807, 2.05) is 0 Å². The van der Waals surface area contributed by atoms with Crippen LogP contribution >= 0.6 is 0 Å². The molecular formula is C20H42O2Sn. The van der Waals surface area contributed by atoms with Gasteiger partial charge in [-0.1, -0.05) is 0 Å². The molecule has 0 radical (unpaired) electrons. The van der Waals surface area contributed by atoms with Gasteiger partial charge in [0.1, 0.15) is 0 Å². The first-order valence-corrected chi connectivity index (χ1v) is 17.5. The zero-order valence-corrected chi connectivity index (χ0v) is 19.3. The Morgan fingerprint density at radius 1 is 0.652 bits per heavy atom. The van der Waals surface area contributed by atoms with E-state index >= 15 is 0 Å².